The van der Waals surface area contributed by atoms with E-state index in [0.29, 0.717) is 10.6 Å². The summed E-state index contributed by atoms with van der Waals surface area (Å²) >= 11 is 5.87. The molecule has 5 nitrogen and oxygen atoms in total. The molecule has 3 rings (SSSR count). The summed E-state index contributed by atoms with van der Waals surface area (Å²) in [6.07, 6.45) is -2.29. The first kappa shape index (κ1) is 17.3. The smallest absolute Gasteiger partial charge is 0.412 e. The molecule has 0 spiro atoms. The van der Waals surface area contributed by atoms with Gasteiger partial charge < -0.3 is 5.11 Å². The molecule has 1 aliphatic carbocycles. The second kappa shape index (κ2) is 6.11. The van der Waals surface area contributed by atoms with Gasteiger partial charge in [0.2, 0.25) is 0 Å². The van der Waals surface area contributed by atoms with Gasteiger partial charge in [-0.15, -0.1) is 5.10 Å². The van der Waals surface area contributed by atoms with Crippen molar-refractivity contribution < 1.29 is 18.3 Å². The van der Waals surface area contributed by atoms with Crippen molar-refractivity contribution >= 4 is 17.2 Å². The van der Waals surface area contributed by atoms with E-state index in [1.165, 1.54) is 24.3 Å². The molecule has 0 bridgehead atoms. The van der Waals surface area contributed by atoms with Crippen LogP contribution in [0.25, 0.3) is 11.3 Å². The third-order valence-corrected chi connectivity index (χ3v) is 4.18. The molecule has 0 saturated heterocycles. The van der Waals surface area contributed by atoms with E-state index in [2.05, 4.69) is 10.1 Å². The Morgan fingerprint density at radius 1 is 1.36 bits per heavy atom. The van der Waals surface area contributed by atoms with E-state index in [0.717, 1.165) is 10.8 Å². The number of hydrogen-bond donors (Lipinski definition) is 2. The Bertz CT molecular complexity index is 941. The van der Waals surface area contributed by atoms with Crippen LogP contribution in [0.1, 0.15) is 19.2 Å². The van der Waals surface area contributed by atoms with Crippen molar-refractivity contribution in [3.05, 3.63) is 57.3 Å². The number of aromatic amines is 1. The van der Waals surface area contributed by atoms with Crippen molar-refractivity contribution in [3.8, 4) is 11.4 Å². The van der Waals surface area contributed by atoms with Crippen molar-refractivity contribution in [2.24, 2.45) is 5.92 Å². The van der Waals surface area contributed by atoms with Gasteiger partial charge in [-0.05, 0) is 36.1 Å². The molecule has 1 aliphatic rings. The number of rotatable bonds is 2. The van der Waals surface area contributed by atoms with Gasteiger partial charge in [0.15, 0.2) is 5.82 Å². The predicted molar refractivity (Wildman–Crippen MR) is 86.8 cm³/mol. The summed E-state index contributed by atoms with van der Waals surface area (Å²) in [5.41, 5.74) is -0.703. The zero-order valence-corrected chi connectivity index (χ0v) is 13.7. The van der Waals surface area contributed by atoms with Crippen molar-refractivity contribution in [3.63, 3.8) is 0 Å². The highest BCUT2D eigenvalue weighted by Crippen LogP contribution is 2.38. The second-order valence-electron chi connectivity index (χ2n) is 5.74. The first-order valence-corrected chi connectivity index (χ1v) is 7.71. The maximum atomic E-state index is 12.8. The van der Waals surface area contributed by atoms with Crippen molar-refractivity contribution in [1.82, 2.24) is 14.8 Å². The molecule has 2 aromatic rings. The fourth-order valence-electron chi connectivity index (χ4n) is 2.67. The molecule has 0 aliphatic heterocycles. The van der Waals surface area contributed by atoms with Gasteiger partial charge >= 0.3 is 11.9 Å². The van der Waals surface area contributed by atoms with Crippen LogP contribution in [0.15, 0.2) is 40.7 Å². The van der Waals surface area contributed by atoms with E-state index >= 15 is 0 Å². The summed E-state index contributed by atoms with van der Waals surface area (Å²) < 4.78 is 39.3. The highest BCUT2D eigenvalue weighted by molar-refractivity contribution is 6.30. The number of phenols is 1. The molecule has 2 N–H and O–H groups in total. The highest BCUT2D eigenvalue weighted by atomic mass is 35.5. The minimum absolute atomic E-state index is 0.0792. The first-order chi connectivity index (χ1) is 11.7. The molecule has 1 heterocycles. The molecule has 1 atom stereocenters. The number of phenolic OH excluding ortho intramolecular Hbond substituents is 1. The van der Waals surface area contributed by atoms with Crippen molar-refractivity contribution in [1.29, 1.82) is 0 Å². The summed E-state index contributed by atoms with van der Waals surface area (Å²) in [4.78, 5) is 14.7. The van der Waals surface area contributed by atoms with Crippen molar-refractivity contribution in [2.75, 3.05) is 0 Å². The van der Waals surface area contributed by atoms with Gasteiger partial charge in [-0.3, -0.25) is 4.98 Å². The fraction of sp³-hybridized carbons (Fsp3) is 0.250. The quantitative estimate of drug-likeness (QED) is 0.842. The Balaban J connectivity index is 2.04. The summed E-state index contributed by atoms with van der Waals surface area (Å²) in [5, 5.41) is 14.3. The standard InChI is InChI=1S/C16H13ClF3N3O2/c1-8-6-9(16(18,19)20)2-4-11(8)14-21-15(25)23(22-14)12-7-10(17)3-5-13(12)24/h2-5,7-8,24H,6H2,1H3,(H,21,22,25). The van der Waals surface area contributed by atoms with E-state index in [-0.39, 0.29) is 23.7 Å². The van der Waals surface area contributed by atoms with Crippen LogP contribution < -0.4 is 5.69 Å². The van der Waals surface area contributed by atoms with Gasteiger partial charge in [-0.1, -0.05) is 30.7 Å². The maximum Gasteiger partial charge on any atom is 0.412 e. The number of nitrogens with zero attached hydrogens (tertiary/aromatic N) is 2. The Hall–Kier alpha value is -2.48. The Labute approximate surface area is 145 Å². The Morgan fingerprint density at radius 2 is 2.08 bits per heavy atom. The number of alkyl halides is 3. The van der Waals surface area contributed by atoms with E-state index in [4.69, 9.17) is 11.6 Å². The predicted octanol–water partition coefficient (Wildman–Crippen LogP) is 3.83. The van der Waals surface area contributed by atoms with Crippen LogP contribution in [0.4, 0.5) is 13.2 Å². The van der Waals surface area contributed by atoms with Crippen LogP contribution in [0.2, 0.25) is 5.02 Å². The van der Waals surface area contributed by atoms with Crippen LogP contribution in [0.5, 0.6) is 5.75 Å². The molecular formula is C16H13ClF3N3O2. The third-order valence-electron chi connectivity index (χ3n) is 3.94. The average molecular weight is 372 g/mol. The third kappa shape index (κ3) is 3.34. The van der Waals surface area contributed by atoms with Gasteiger partial charge in [0.1, 0.15) is 11.4 Å². The molecule has 1 unspecified atom stereocenters. The summed E-state index contributed by atoms with van der Waals surface area (Å²) in [5.74, 6) is -0.530. The number of aromatic hydroxyl groups is 1. The number of aromatic nitrogens is 3. The lowest BCUT2D eigenvalue weighted by Gasteiger charge is -2.21. The topological polar surface area (TPSA) is 70.9 Å². The van der Waals surface area contributed by atoms with E-state index in [1.54, 1.807) is 6.92 Å². The number of nitrogens with one attached hydrogen (secondary N) is 1. The minimum atomic E-state index is -4.38. The molecule has 25 heavy (non-hydrogen) atoms. The lowest BCUT2D eigenvalue weighted by atomic mass is 9.88. The monoisotopic (exact) mass is 371 g/mol. The zero-order chi connectivity index (χ0) is 18.4. The average Bonchev–Trinajstić information content (AvgIpc) is 2.90. The summed E-state index contributed by atoms with van der Waals surface area (Å²) in [7, 11) is 0. The molecule has 0 radical (unpaired) electrons. The zero-order valence-electron chi connectivity index (χ0n) is 12.9. The van der Waals surface area contributed by atoms with Gasteiger partial charge in [0.05, 0.1) is 0 Å². The second-order valence-corrected chi connectivity index (χ2v) is 6.18. The van der Waals surface area contributed by atoms with E-state index in [1.807, 2.05) is 0 Å². The molecule has 0 fully saturated rings. The summed E-state index contributed by atoms with van der Waals surface area (Å²) in [6.45, 7) is 1.62. The Kier molecular flexibility index (Phi) is 4.24. The van der Waals surface area contributed by atoms with Crippen LogP contribution in [0.3, 0.4) is 0 Å². The minimum Gasteiger partial charge on any atom is -0.506 e. The largest absolute Gasteiger partial charge is 0.506 e. The molecule has 1 aromatic heterocycles. The number of hydrogen-bond acceptors (Lipinski definition) is 3. The summed E-state index contributed by atoms with van der Waals surface area (Å²) in [6, 6.07) is 4.14. The highest BCUT2D eigenvalue weighted by Gasteiger charge is 2.36. The van der Waals surface area contributed by atoms with Gasteiger partial charge in [-0.25, -0.2) is 4.79 Å². The first-order valence-electron chi connectivity index (χ1n) is 7.33. The molecule has 0 amide bonds. The van der Waals surface area contributed by atoms with Gasteiger partial charge in [0, 0.05) is 10.6 Å². The number of allylic oxidation sites excluding steroid dienone is 4. The Morgan fingerprint density at radius 3 is 2.72 bits per heavy atom. The van der Waals surface area contributed by atoms with Gasteiger partial charge in [-0.2, -0.15) is 17.9 Å². The SMILES string of the molecule is CC1CC(C(F)(F)F)=CC=C1c1nn(-c2cc(Cl)ccc2O)c(=O)[nH]1. The van der Waals surface area contributed by atoms with Crippen LogP contribution >= 0.6 is 11.6 Å². The number of H-pyrrole nitrogens is 1. The van der Waals surface area contributed by atoms with E-state index < -0.39 is 23.4 Å². The van der Waals surface area contributed by atoms with Crippen LogP contribution in [0, 0.1) is 5.92 Å². The molecule has 1 aromatic carbocycles. The van der Waals surface area contributed by atoms with Crippen LogP contribution in [-0.2, 0) is 0 Å². The van der Waals surface area contributed by atoms with Crippen LogP contribution in [-0.4, -0.2) is 26.0 Å². The normalized spacial score (nSPS) is 18.0. The van der Waals surface area contributed by atoms with Gasteiger partial charge in [0.25, 0.3) is 0 Å². The van der Waals surface area contributed by atoms with Crippen molar-refractivity contribution in [2.45, 2.75) is 19.5 Å². The number of halogens is 4. The maximum absolute atomic E-state index is 12.8. The lowest BCUT2D eigenvalue weighted by molar-refractivity contribution is -0.0948. The number of benzene rings is 1. The molecule has 9 heteroatoms. The molecule has 0 saturated carbocycles. The molecule has 132 valence electrons. The fourth-order valence-corrected chi connectivity index (χ4v) is 2.84. The van der Waals surface area contributed by atoms with E-state index in [9.17, 15) is 23.1 Å². The molecular weight excluding hydrogens is 359 g/mol. The lowest BCUT2D eigenvalue weighted by Crippen LogP contribution is -2.18.